The highest BCUT2D eigenvalue weighted by molar-refractivity contribution is 5.25. The largest absolute Gasteiger partial charge is 0.392 e. The van der Waals surface area contributed by atoms with Crippen LogP contribution in [0.25, 0.3) is 0 Å². The summed E-state index contributed by atoms with van der Waals surface area (Å²) in [5.74, 6) is 0. The summed E-state index contributed by atoms with van der Waals surface area (Å²) < 4.78 is 12.3. The molecule has 0 aliphatic heterocycles. The first-order valence-corrected chi connectivity index (χ1v) is 6.53. The number of nitrogens with zero attached hydrogens (tertiary/aromatic N) is 2. The number of aliphatic hydroxyl groups excluding tert-OH is 1. The molecule has 1 N–H and O–H groups in total. The van der Waals surface area contributed by atoms with Gasteiger partial charge in [-0.15, -0.1) is 0 Å². The van der Waals surface area contributed by atoms with Crippen LogP contribution in [0.5, 0.6) is 0 Å². The van der Waals surface area contributed by atoms with E-state index in [1.54, 1.807) is 7.11 Å². The van der Waals surface area contributed by atoms with Crippen molar-refractivity contribution < 1.29 is 14.6 Å². The lowest BCUT2D eigenvalue weighted by Crippen LogP contribution is -2.12. The first-order chi connectivity index (χ1) is 8.78. The van der Waals surface area contributed by atoms with Gasteiger partial charge in [0.25, 0.3) is 0 Å². The summed E-state index contributed by atoms with van der Waals surface area (Å²) in [5, 5.41) is 13.9. The molecule has 0 amide bonds. The molecule has 5 nitrogen and oxygen atoms in total. The fourth-order valence-electron chi connectivity index (χ4n) is 2.03. The number of methoxy groups -OCH3 is 1. The van der Waals surface area contributed by atoms with Crippen LogP contribution in [0.2, 0.25) is 0 Å². The minimum absolute atomic E-state index is 0.0663. The predicted molar refractivity (Wildman–Crippen MR) is 69.6 cm³/mol. The maximum absolute atomic E-state index is 9.42. The lowest BCUT2D eigenvalue weighted by atomic mass is 10.1. The van der Waals surface area contributed by atoms with Crippen molar-refractivity contribution in [1.29, 1.82) is 0 Å². The van der Waals surface area contributed by atoms with Crippen molar-refractivity contribution in [2.24, 2.45) is 0 Å². The molecule has 18 heavy (non-hydrogen) atoms. The fraction of sp³-hybridized carbons (Fsp3) is 0.769. The summed E-state index contributed by atoms with van der Waals surface area (Å²) >= 11 is 0. The molecule has 0 aromatic carbocycles. The van der Waals surface area contributed by atoms with E-state index in [1.165, 1.54) is 0 Å². The van der Waals surface area contributed by atoms with E-state index in [0.717, 1.165) is 36.3 Å². The molecule has 1 aromatic heterocycles. The number of rotatable bonds is 9. The second kappa shape index (κ2) is 8.24. The van der Waals surface area contributed by atoms with Gasteiger partial charge in [0.1, 0.15) is 0 Å². The minimum atomic E-state index is 0.0663. The van der Waals surface area contributed by atoms with Gasteiger partial charge in [0.2, 0.25) is 0 Å². The van der Waals surface area contributed by atoms with Gasteiger partial charge in [0, 0.05) is 18.4 Å². The van der Waals surface area contributed by atoms with Crippen molar-refractivity contribution in [2.75, 3.05) is 26.9 Å². The van der Waals surface area contributed by atoms with Crippen LogP contribution in [0.4, 0.5) is 0 Å². The van der Waals surface area contributed by atoms with Crippen LogP contribution in [-0.2, 0) is 35.5 Å². The average Bonchev–Trinajstić information content (AvgIpc) is 2.75. The summed E-state index contributed by atoms with van der Waals surface area (Å²) in [6.45, 7) is 6.76. The van der Waals surface area contributed by atoms with Crippen molar-refractivity contribution in [2.45, 2.75) is 39.8 Å². The lowest BCUT2D eigenvalue weighted by Gasteiger charge is -2.07. The van der Waals surface area contributed by atoms with Crippen molar-refractivity contribution in [3.63, 3.8) is 0 Å². The molecule has 0 aliphatic rings. The molecule has 0 saturated carbocycles. The zero-order chi connectivity index (χ0) is 13.4. The Labute approximate surface area is 109 Å². The Balaban J connectivity index is 2.61. The smallest absolute Gasteiger partial charge is 0.0718 e. The second-order valence-corrected chi connectivity index (χ2v) is 4.07. The predicted octanol–water partition coefficient (Wildman–Crippen LogP) is 1.16. The molecular formula is C13H24N2O3. The van der Waals surface area contributed by atoms with Crippen molar-refractivity contribution in [3.8, 4) is 0 Å². The Kier molecular flexibility index (Phi) is 6.93. The Morgan fingerprint density at radius 3 is 2.50 bits per heavy atom. The van der Waals surface area contributed by atoms with E-state index in [4.69, 9.17) is 9.47 Å². The molecule has 0 fully saturated rings. The van der Waals surface area contributed by atoms with Gasteiger partial charge in [-0.3, -0.25) is 4.68 Å². The molecule has 0 saturated heterocycles. The van der Waals surface area contributed by atoms with Crippen LogP contribution in [0.1, 0.15) is 30.8 Å². The van der Waals surface area contributed by atoms with E-state index < -0.39 is 0 Å². The van der Waals surface area contributed by atoms with E-state index in [1.807, 2.05) is 4.68 Å². The van der Waals surface area contributed by atoms with Crippen LogP contribution >= 0.6 is 0 Å². The SMILES string of the molecule is CCc1nn(CCOCCOC)c(CC)c1CO. The van der Waals surface area contributed by atoms with Gasteiger partial charge in [-0.1, -0.05) is 13.8 Å². The average molecular weight is 256 g/mol. The van der Waals surface area contributed by atoms with Crippen molar-refractivity contribution in [1.82, 2.24) is 9.78 Å². The number of hydrogen-bond donors (Lipinski definition) is 1. The third-order valence-corrected chi connectivity index (χ3v) is 2.96. The zero-order valence-electron chi connectivity index (χ0n) is 11.6. The van der Waals surface area contributed by atoms with E-state index in [9.17, 15) is 5.11 Å². The first kappa shape index (κ1) is 15.1. The van der Waals surface area contributed by atoms with Crippen LogP contribution in [0, 0.1) is 0 Å². The van der Waals surface area contributed by atoms with Gasteiger partial charge in [0.15, 0.2) is 0 Å². The van der Waals surface area contributed by atoms with Crippen molar-refractivity contribution in [3.05, 3.63) is 17.0 Å². The summed E-state index contributed by atoms with van der Waals surface area (Å²) in [4.78, 5) is 0. The van der Waals surface area contributed by atoms with E-state index in [0.29, 0.717) is 19.8 Å². The molecule has 104 valence electrons. The molecule has 0 spiro atoms. The minimum Gasteiger partial charge on any atom is -0.392 e. The third kappa shape index (κ3) is 3.80. The summed E-state index contributed by atoms with van der Waals surface area (Å²) in [7, 11) is 1.66. The first-order valence-electron chi connectivity index (χ1n) is 6.53. The van der Waals surface area contributed by atoms with E-state index in [-0.39, 0.29) is 6.61 Å². The van der Waals surface area contributed by atoms with E-state index in [2.05, 4.69) is 18.9 Å². The topological polar surface area (TPSA) is 56.5 Å². The molecule has 0 aliphatic carbocycles. The molecule has 0 bridgehead atoms. The Bertz CT molecular complexity index is 350. The highest BCUT2D eigenvalue weighted by Gasteiger charge is 2.14. The normalized spacial score (nSPS) is 11.1. The molecule has 0 atom stereocenters. The number of aryl methyl sites for hydroxylation is 1. The highest BCUT2D eigenvalue weighted by Crippen LogP contribution is 2.16. The molecule has 0 unspecified atom stereocenters. The van der Waals surface area contributed by atoms with Gasteiger partial charge in [0.05, 0.1) is 38.7 Å². The molecule has 5 heteroatoms. The Morgan fingerprint density at radius 2 is 1.94 bits per heavy atom. The lowest BCUT2D eigenvalue weighted by molar-refractivity contribution is 0.0650. The number of ether oxygens (including phenoxy) is 2. The van der Waals surface area contributed by atoms with Crippen LogP contribution < -0.4 is 0 Å². The summed E-state index contributed by atoms with van der Waals surface area (Å²) in [6.07, 6.45) is 1.72. The molecule has 1 heterocycles. The monoisotopic (exact) mass is 256 g/mol. The fourth-order valence-corrected chi connectivity index (χ4v) is 2.03. The van der Waals surface area contributed by atoms with Gasteiger partial charge in [-0.2, -0.15) is 5.10 Å². The molecule has 1 rings (SSSR count). The van der Waals surface area contributed by atoms with Gasteiger partial charge in [-0.25, -0.2) is 0 Å². The Morgan fingerprint density at radius 1 is 1.17 bits per heavy atom. The standard InChI is InChI=1S/C13H24N2O3/c1-4-12-11(10-16)13(5-2)15(14-12)6-7-18-9-8-17-3/h16H,4-10H2,1-3H3. The van der Waals surface area contributed by atoms with Crippen LogP contribution in [0.3, 0.4) is 0 Å². The number of hydrogen-bond acceptors (Lipinski definition) is 4. The zero-order valence-corrected chi connectivity index (χ0v) is 11.6. The van der Waals surface area contributed by atoms with Crippen LogP contribution in [-0.4, -0.2) is 41.8 Å². The molecule has 1 aromatic rings. The van der Waals surface area contributed by atoms with Gasteiger partial charge >= 0.3 is 0 Å². The maximum Gasteiger partial charge on any atom is 0.0718 e. The van der Waals surface area contributed by atoms with Crippen LogP contribution in [0.15, 0.2) is 0 Å². The summed E-state index contributed by atoms with van der Waals surface area (Å²) in [6, 6.07) is 0. The maximum atomic E-state index is 9.42. The number of aliphatic hydroxyl groups is 1. The van der Waals surface area contributed by atoms with Crippen molar-refractivity contribution >= 4 is 0 Å². The van der Waals surface area contributed by atoms with Gasteiger partial charge in [-0.05, 0) is 12.8 Å². The molecular weight excluding hydrogens is 232 g/mol. The second-order valence-electron chi connectivity index (χ2n) is 4.07. The molecule has 0 radical (unpaired) electrons. The van der Waals surface area contributed by atoms with Gasteiger partial charge < -0.3 is 14.6 Å². The third-order valence-electron chi connectivity index (χ3n) is 2.96. The highest BCUT2D eigenvalue weighted by atomic mass is 16.5. The number of aromatic nitrogens is 2. The summed E-state index contributed by atoms with van der Waals surface area (Å²) in [5.41, 5.74) is 3.09. The van der Waals surface area contributed by atoms with E-state index >= 15 is 0 Å². The quantitative estimate of drug-likeness (QED) is 0.674. The Hall–Kier alpha value is -0.910.